The first-order valence-corrected chi connectivity index (χ1v) is 6.49. The fourth-order valence-electron chi connectivity index (χ4n) is 2.20. The lowest BCUT2D eigenvalue weighted by Crippen LogP contribution is -1.96. The maximum absolute atomic E-state index is 10.7. The van der Waals surface area contributed by atoms with Gasteiger partial charge in [0.05, 0.1) is 7.11 Å². The summed E-state index contributed by atoms with van der Waals surface area (Å²) in [6.07, 6.45) is 1.37. The van der Waals surface area contributed by atoms with Gasteiger partial charge in [0.2, 0.25) is 0 Å². The standard InChI is InChI=1S/C17H18O3/c1-12-10-16(11-13(2)17(12)8-9-18)20-15-6-4-14(19-3)5-7-15/h4-7,9-11H,8H2,1-3H3. The molecule has 0 spiro atoms. The summed E-state index contributed by atoms with van der Waals surface area (Å²) in [5.74, 6) is 2.33. The quantitative estimate of drug-likeness (QED) is 0.774. The summed E-state index contributed by atoms with van der Waals surface area (Å²) < 4.78 is 10.9. The Labute approximate surface area is 119 Å². The van der Waals surface area contributed by atoms with Crippen molar-refractivity contribution in [1.29, 1.82) is 0 Å². The van der Waals surface area contributed by atoms with Crippen LogP contribution in [0.3, 0.4) is 0 Å². The van der Waals surface area contributed by atoms with Crippen LogP contribution in [0.4, 0.5) is 0 Å². The molecule has 0 amide bonds. The molecule has 0 saturated heterocycles. The first-order valence-electron chi connectivity index (χ1n) is 6.49. The summed E-state index contributed by atoms with van der Waals surface area (Å²) in [5.41, 5.74) is 3.21. The molecule has 0 aliphatic heterocycles. The van der Waals surface area contributed by atoms with E-state index in [-0.39, 0.29) is 0 Å². The molecule has 0 atom stereocenters. The second-order valence-electron chi connectivity index (χ2n) is 4.68. The van der Waals surface area contributed by atoms with Crippen molar-refractivity contribution in [1.82, 2.24) is 0 Å². The van der Waals surface area contributed by atoms with E-state index in [4.69, 9.17) is 9.47 Å². The molecule has 0 heterocycles. The van der Waals surface area contributed by atoms with Crippen molar-refractivity contribution in [3.05, 3.63) is 53.1 Å². The fraction of sp³-hybridized carbons (Fsp3) is 0.235. The first kappa shape index (κ1) is 14.1. The first-order chi connectivity index (χ1) is 9.63. The monoisotopic (exact) mass is 270 g/mol. The van der Waals surface area contributed by atoms with E-state index in [1.54, 1.807) is 7.11 Å². The molecule has 3 nitrogen and oxygen atoms in total. The van der Waals surface area contributed by atoms with Gasteiger partial charge in [0.15, 0.2) is 0 Å². The van der Waals surface area contributed by atoms with Gasteiger partial charge in [0.1, 0.15) is 23.5 Å². The number of aryl methyl sites for hydroxylation is 2. The van der Waals surface area contributed by atoms with E-state index < -0.39 is 0 Å². The Kier molecular flexibility index (Phi) is 4.41. The lowest BCUT2D eigenvalue weighted by molar-refractivity contribution is -0.107. The summed E-state index contributed by atoms with van der Waals surface area (Å²) >= 11 is 0. The number of hydrogen-bond donors (Lipinski definition) is 0. The third-order valence-corrected chi connectivity index (χ3v) is 3.25. The highest BCUT2D eigenvalue weighted by atomic mass is 16.5. The largest absolute Gasteiger partial charge is 0.497 e. The average Bonchev–Trinajstić information content (AvgIpc) is 2.44. The number of carbonyl (C=O) groups excluding carboxylic acids is 1. The molecule has 2 aromatic rings. The molecule has 0 saturated carbocycles. The summed E-state index contributed by atoms with van der Waals surface area (Å²) in [6, 6.07) is 11.4. The maximum atomic E-state index is 10.7. The number of ether oxygens (including phenoxy) is 2. The highest BCUT2D eigenvalue weighted by molar-refractivity contribution is 5.58. The van der Waals surface area contributed by atoms with Crippen molar-refractivity contribution in [2.45, 2.75) is 20.3 Å². The number of methoxy groups -OCH3 is 1. The van der Waals surface area contributed by atoms with Gasteiger partial charge in [-0.3, -0.25) is 0 Å². The van der Waals surface area contributed by atoms with Crippen LogP contribution < -0.4 is 9.47 Å². The lowest BCUT2D eigenvalue weighted by atomic mass is 10.0. The molecular formula is C17H18O3. The number of carbonyl (C=O) groups is 1. The van der Waals surface area contributed by atoms with Crippen molar-refractivity contribution in [3.8, 4) is 17.2 Å². The Balaban J connectivity index is 2.22. The molecule has 0 aromatic heterocycles. The van der Waals surface area contributed by atoms with Crippen molar-refractivity contribution in [2.24, 2.45) is 0 Å². The van der Waals surface area contributed by atoms with Crippen LogP contribution in [-0.2, 0) is 11.2 Å². The summed E-state index contributed by atoms with van der Waals surface area (Å²) in [5, 5.41) is 0. The highest BCUT2D eigenvalue weighted by Gasteiger charge is 2.06. The number of benzene rings is 2. The van der Waals surface area contributed by atoms with Gasteiger partial charge in [-0.2, -0.15) is 0 Å². The van der Waals surface area contributed by atoms with Crippen LogP contribution in [0.15, 0.2) is 36.4 Å². The maximum Gasteiger partial charge on any atom is 0.127 e. The fourth-order valence-corrected chi connectivity index (χ4v) is 2.20. The SMILES string of the molecule is COc1ccc(Oc2cc(C)c(CC=O)c(C)c2)cc1. The Hall–Kier alpha value is -2.29. The second-order valence-corrected chi connectivity index (χ2v) is 4.68. The van der Waals surface area contributed by atoms with Gasteiger partial charge in [-0.15, -0.1) is 0 Å². The van der Waals surface area contributed by atoms with Gasteiger partial charge < -0.3 is 14.3 Å². The molecule has 0 radical (unpaired) electrons. The zero-order valence-corrected chi connectivity index (χ0v) is 12.0. The molecule has 0 aliphatic rings. The van der Waals surface area contributed by atoms with Crippen LogP contribution in [-0.4, -0.2) is 13.4 Å². The molecule has 0 fully saturated rings. The molecule has 0 unspecified atom stereocenters. The number of rotatable bonds is 5. The lowest BCUT2D eigenvalue weighted by Gasteiger charge is -2.12. The Bertz CT molecular complexity index is 577. The molecule has 3 heteroatoms. The Morgan fingerprint density at radius 2 is 1.50 bits per heavy atom. The van der Waals surface area contributed by atoms with E-state index in [1.807, 2.05) is 50.2 Å². The van der Waals surface area contributed by atoms with Gasteiger partial charge in [0, 0.05) is 6.42 Å². The van der Waals surface area contributed by atoms with E-state index in [1.165, 1.54) is 0 Å². The topological polar surface area (TPSA) is 35.5 Å². The van der Waals surface area contributed by atoms with Gasteiger partial charge in [-0.1, -0.05) is 0 Å². The predicted molar refractivity (Wildman–Crippen MR) is 78.8 cm³/mol. The molecule has 104 valence electrons. The van der Waals surface area contributed by atoms with E-state index in [9.17, 15) is 4.79 Å². The molecule has 0 N–H and O–H groups in total. The number of hydrogen-bond acceptors (Lipinski definition) is 3. The van der Waals surface area contributed by atoms with Crippen molar-refractivity contribution < 1.29 is 14.3 Å². The summed E-state index contributed by atoms with van der Waals surface area (Å²) in [6.45, 7) is 3.99. The normalized spacial score (nSPS) is 10.2. The minimum Gasteiger partial charge on any atom is -0.497 e. The summed E-state index contributed by atoms with van der Waals surface area (Å²) in [4.78, 5) is 10.7. The molecule has 20 heavy (non-hydrogen) atoms. The molecule has 2 rings (SSSR count). The third kappa shape index (κ3) is 3.18. The summed E-state index contributed by atoms with van der Waals surface area (Å²) in [7, 11) is 1.63. The van der Waals surface area contributed by atoms with Gasteiger partial charge in [-0.05, 0) is 66.9 Å². The Morgan fingerprint density at radius 3 is 2.00 bits per heavy atom. The Morgan fingerprint density at radius 1 is 0.950 bits per heavy atom. The average molecular weight is 270 g/mol. The van der Waals surface area contributed by atoms with Crippen LogP contribution >= 0.6 is 0 Å². The molecule has 0 bridgehead atoms. The van der Waals surface area contributed by atoms with E-state index in [0.717, 1.165) is 40.2 Å². The van der Waals surface area contributed by atoms with E-state index in [0.29, 0.717) is 6.42 Å². The second kappa shape index (κ2) is 6.24. The van der Waals surface area contributed by atoms with Crippen molar-refractivity contribution >= 4 is 6.29 Å². The van der Waals surface area contributed by atoms with Gasteiger partial charge >= 0.3 is 0 Å². The van der Waals surface area contributed by atoms with Crippen LogP contribution in [0, 0.1) is 13.8 Å². The predicted octanol–water partition coefficient (Wildman–Crippen LogP) is 3.85. The van der Waals surface area contributed by atoms with Gasteiger partial charge in [-0.25, -0.2) is 0 Å². The molecule has 2 aromatic carbocycles. The molecule has 0 aliphatic carbocycles. The zero-order chi connectivity index (χ0) is 14.5. The number of aldehydes is 1. The molecular weight excluding hydrogens is 252 g/mol. The third-order valence-electron chi connectivity index (χ3n) is 3.25. The van der Waals surface area contributed by atoms with Crippen LogP contribution in [0.1, 0.15) is 16.7 Å². The van der Waals surface area contributed by atoms with Crippen LogP contribution in [0.25, 0.3) is 0 Å². The van der Waals surface area contributed by atoms with E-state index >= 15 is 0 Å². The minimum absolute atomic E-state index is 0.445. The van der Waals surface area contributed by atoms with E-state index in [2.05, 4.69) is 0 Å². The van der Waals surface area contributed by atoms with Crippen molar-refractivity contribution in [3.63, 3.8) is 0 Å². The smallest absolute Gasteiger partial charge is 0.127 e. The van der Waals surface area contributed by atoms with Gasteiger partial charge in [0.25, 0.3) is 0 Å². The zero-order valence-electron chi connectivity index (χ0n) is 12.0. The van der Waals surface area contributed by atoms with Crippen LogP contribution in [0.2, 0.25) is 0 Å². The minimum atomic E-state index is 0.445. The van der Waals surface area contributed by atoms with Crippen molar-refractivity contribution in [2.75, 3.05) is 7.11 Å². The highest BCUT2D eigenvalue weighted by Crippen LogP contribution is 2.27. The van der Waals surface area contributed by atoms with Crippen LogP contribution in [0.5, 0.6) is 17.2 Å².